The Balaban J connectivity index is 1.30. The van der Waals surface area contributed by atoms with Gasteiger partial charge in [-0.15, -0.1) is 0 Å². The maximum absolute atomic E-state index is 13.4. The lowest BCUT2D eigenvalue weighted by molar-refractivity contribution is 0.0730. The van der Waals surface area contributed by atoms with Crippen LogP contribution in [0.1, 0.15) is 55.8 Å². The largest absolute Gasteiger partial charge is 0.493 e. The maximum atomic E-state index is 13.4. The number of carbonyl (C=O) groups excluding carboxylic acids is 1. The highest BCUT2D eigenvalue weighted by atomic mass is 35.5. The number of likely N-dealkylation sites (N-methyl/N-ethyl adjacent to an activating group) is 2. The van der Waals surface area contributed by atoms with Crippen LogP contribution in [-0.2, 0) is 25.7 Å². The van der Waals surface area contributed by atoms with E-state index in [9.17, 15) is 4.79 Å². The summed E-state index contributed by atoms with van der Waals surface area (Å²) in [7, 11) is 9.27. The molecule has 5 aromatic rings. The molecule has 6 bridgehead atoms. The van der Waals surface area contributed by atoms with Gasteiger partial charge < -0.3 is 28.4 Å². The van der Waals surface area contributed by atoms with E-state index in [1.54, 1.807) is 51.7 Å². The number of methoxy groups -OCH3 is 3. The van der Waals surface area contributed by atoms with Gasteiger partial charge in [0.1, 0.15) is 5.75 Å². The van der Waals surface area contributed by atoms with Gasteiger partial charge in [-0.25, -0.2) is 4.79 Å². The van der Waals surface area contributed by atoms with Crippen LogP contribution in [0.25, 0.3) is 0 Å². The summed E-state index contributed by atoms with van der Waals surface area (Å²) in [6.45, 7) is 1.74. The van der Waals surface area contributed by atoms with Gasteiger partial charge in [-0.1, -0.05) is 41.9 Å². The molecule has 0 unspecified atom stereocenters. The number of nitrogens with zero attached hydrogens (tertiary/aromatic N) is 2. The molecule has 0 N–H and O–H groups in total. The molecule has 0 saturated carbocycles. The number of hydrogen-bond donors (Lipinski definition) is 0. The third kappa shape index (κ3) is 6.72. The zero-order chi connectivity index (χ0) is 37.5. The van der Waals surface area contributed by atoms with E-state index in [0.29, 0.717) is 51.7 Å². The van der Waals surface area contributed by atoms with E-state index in [0.717, 1.165) is 54.6 Å². The Labute approximate surface area is 320 Å². The Morgan fingerprint density at radius 3 is 2.11 bits per heavy atom. The third-order valence-corrected chi connectivity index (χ3v) is 11.3. The molecule has 0 fully saturated rings. The van der Waals surface area contributed by atoms with E-state index in [-0.39, 0.29) is 23.4 Å². The lowest BCUT2D eigenvalue weighted by atomic mass is 9.87. The second kappa shape index (κ2) is 14.9. The van der Waals surface area contributed by atoms with Gasteiger partial charge in [-0.3, -0.25) is 9.80 Å². The minimum absolute atomic E-state index is 0.0974. The fraction of sp³-hybridized carbons (Fsp3) is 0.295. The normalized spacial score (nSPS) is 18.0. The van der Waals surface area contributed by atoms with E-state index in [4.69, 9.17) is 40.0 Å². The number of halogens is 1. The van der Waals surface area contributed by atoms with Crippen molar-refractivity contribution in [2.24, 2.45) is 0 Å². The summed E-state index contributed by atoms with van der Waals surface area (Å²) in [6.07, 6.45) is 3.07. The number of ether oxygens (including phenoxy) is 6. The van der Waals surface area contributed by atoms with Gasteiger partial charge in [0.25, 0.3) is 0 Å². The van der Waals surface area contributed by atoms with Gasteiger partial charge in [0.05, 0.1) is 31.9 Å². The van der Waals surface area contributed by atoms with Gasteiger partial charge in [0.15, 0.2) is 34.5 Å². The highest BCUT2D eigenvalue weighted by molar-refractivity contribution is 6.33. The molecule has 4 aliphatic rings. The first-order valence-corrected chi connectivity index (χ1v) is 18.6. The van der Waals surface area contributed by atoms with E-state index >= 15 is 0 Å². The number of rotatable bonds is 5. The topological polar surface area (TPSA) is 78.9 Å². The second-order valence-electron chi connectivity index (χ2n) is 14.1. The number of hydrogen-bond acceptors (Lipinski definition) is 9. The van der Waals surface area contributed by atoms with Crippen molar-refractivity contribution in [2.75, 3.05) is 48.5 Å². The number of carbonyl (C=O) groups is 1. The Morgan fingerprint density at radius 2 is 1.37 bits per heavy atom. The second-order valence-corrected chi connectivity index (χ2v) is 14.5. The summed E-state index contributed by atoms with van der Waals surface area (Å²) < 4.78 is 37.5. The van der Waals surface area contributed by atoms with Crippen LogP contribution in [0.4, 0.5) is 0 Å². The summed E-state index contributed by atoms with van der Waals surface area (Å²) in [5.74, 6) is 3.77. The van der Waals surface area contributed by atoms with Crippen molar-refractivity contribution in [3.05, 3.63) is 129 Å². The summed E-state index contributed by atoms with van der Waals surface area (Å²) in [5.41, 5.74) is 6.98. The first-order chi connectivity index (χ1) is 26.2. The molecule has 2 atom stereocenters. The molecule has 0 amide bonds. The molecule has 0 aromatic heterocycles. The molecule has 9 nitrogen and oxygen atoms in total. The number of esters is 1. The van der Waals surface area contributed by atoms with Gasteiger partial charge in [-0.05, 0) is 122 Å². The monoisotopic (exact) mass is 746 g/mol. The summed E-state index contributed by atoms with van der Waals surface area (Å²) in [5, 5.41) is 0.314. The molecule has 10 heteroatoms. The van der Waals surface area contributed by atoms with Crippen molar-refractivity contribution in [1.29, 1.82) is 0 Å². The molecule has 4 heterocycles. The average Bonchev–Trinajstić information content (AvgIpc) is 3.18. The minimum Gasteiger partial charge on any atom is -0.493 e. The van der Waals surface area contributed by atoms with Crippen LogP contribution in [0, 0.1) is 0 Å². The fourth-order valence-corrected chi connectivity index (χ4v) is 8.19. The van der Waals surface area contributed by atoms with Crippen molar-refractivity contribution in [3.63, 3.8) is 0 Å². The predicted molar refractivity (Wildman–Crippen MR) is 208 cm³/mol. The van der Waals surface area contributed by atoms with E-state index < -0.39 is 5.97 Å². The number of fused-ring (bicyclic) bond motifs is 2. The van der Waals surface area contributed by atoms with Crippen molar-refractivity contribution in [3.8, 4) is 46.0 Å². The van der Waals surface area contributed by atoms with Crippen molar-refractivity contribution in [1.82, 2.24) is 9.80 Å². The Hall–Kier alpha value is -5.22. The molecule has 0 saturated heterocycles. The summed E-state index contributed by atoms with van der Waals surface area (Å²) >= 11 is 6.37. The molecule has 54 heavy (non-hydrogen) atoms. The Bertz CT molecular complexity index is 2220. The molecule has 0 spiro atoms. The molecule has 0 radical (unpaired) electrons. The molecule has 9 rings (SSSR count). The van der Waals surface area contributed by atoms with E-state index in [2.05, 4.69) is 54.2 Å². The molecule has 278 valence electrons. The SMILES string of the molecule is COc1cc2c3cc1Oc1c(OC)c(OC)cc4c1[C@@H](Cc1ccc(OC(=O)c5ccccc5Cl)c(c1)Oc1ccc(cc1)C[C@@H]3N(C)CC2)N(C)CC4. The maximum Gasteiger partial charge on any atom is 0.345 e. The molecule has 4 aliphatic heterocycles. The number of benzene rings is 5. The van der Waals surface area contributed by atoms with Gasteiger partial charge in [-0.2, -0.15) is 0 Å². The molecule has 0 aliphatic carbocycles. The van der Waals surface area contributed by atoms with Crippen LogP contribution in [0.3, 0.4) is 0 Å². The van der Waals surface area contributed by atoms with Gasteiger partial charge in [0, 0.05) is 30.7 Å². The van der Waals surface area contributed by atoms with Crippen LogP contribution in [0.15, 0.2) is 84.9 Å². The fourth-order valence-electron chi connectivity index (χ4n) is 7.97. The zero-order valence-corrected chi connectivity index (χ0v) is 31.9. The standard InChI is InChI=1S/C44H43ClN2O7/c1-46-18-16-28-23-37(49-3)39-25-32(28)34(46)20-26-10-13-30(14-11-26)52-38-22-27(12-15-36(38)54-44(48)31-8-6-7-9-33(31)45)21-35-41-29(17-19-47(35)2)24-40(50-4)42(51-5)43(41)53-39/h6-15,22-25,34-35H,16-21H2,1-5H3/t34-,35+/m0/s1. The smallest absolute Gasteiger partial charge is 0.345 e. The average molecular weight is 747 g/mol. The quantitative estimate of drug-likeness (QED) is 0.129. The Morgan fingerprint density at radius 1 is 0.704 bits per heavy atom. The van der Waals surface area contributed by atoms with Crippen molar-refractivity contribution >= 4 is 17.6 Å². The predicted octanol–water partition coefficient (Wildman–Crippen LogP) is 9.03. The molecular formula is C44H43ClN2O7. The minimum atomic E-state index is -0.568. The summed E-state index contributed by atoms with van der Waals surface area (Å²) in [4.78, 5) is 18.1. The molecular weight excluding hydrogens is 704 g/mol. The highest BCUT2D eigenvalue weighted by Gasteiger charge is 2.35. The molecule has 5 aromatic carbocycles. The van der Waals surface area contributed by atoms with E-state index in [1.807, 2.05) is 24.3 Å². The first-order valence-electron chi connectivity index (χ1n) is 18.2. The third-order valence-electron chi connectivity index (χ3n) is 10.9. The van der Waals surface area contributed by atoms with Gasteiger partial charge >= 0.3 is 5.97 Å². The van der Waals surface area contributed by atoms with Gasteiger partial charge in [0.2, 0.25) is 5.75 Å². The van der Waals surface area contributed by atoms with Crippen molar-refractivity contribution in [2.45, 2.75) is 37.8 Å². The summed E-state index contributed by atoms with van der Waals surface area (Å²) in [6, 6.07) is 27.0. The zero-order valence-electron chi connectivity index (χ0n) is 31.1. The Kier molecular flexibility index (Phi) is 9.87. The lowest BCUT2D eigenvalue weighted by Crippen LogP contribution is -2.34. The lowest BCUT2D eigenvalue weighted by Gasteiger charge is -2.37. The van der Waals surface area contributed by atoms with Crippen LogP contribution in [0.5, 0.6) is 46.0 Å². The van der Waals surface area contributed by atoms with Crippen LogP contribution in [-0.4, -0.2) is 64.3 Å². The first kappa shape index (κ1) is 35.8. The van der Waals surface area contributed by atoms with Crippen LogP contribution in [0.2, 0.25) is 5.02 Å². The highest BCUT2D eigenvalue weighted by Crippen LogP contribution is 2.52. The van der Waals surface area contributed by atoms with Crippen LogP contribution >= 0.6 is 11.6 Å². The van der Waals surface area contributed by atoms with Crippen molar-refractivity contribution < 1.29 is 33.2 Å². The van der Waals surface area contributed by atoms with Crippen LogP contribution < -0.4 is 28.4 Å². The van der Waals surface area contributed by atoms with E-state index in [1.165, 1.54) is 11.1 Å².